The fraction of sp³-hybridized carbons (Fsp3) is 0.250. The fourth-order valence-electron chi connectivity index (χ4n) is 1.79. The minimum atomic E-state index is -4.69. The first-order chi connectivity index (χ1) is 8.34. The summed E-state index contributed by atoms with van der Waals surface area (Å²) in [6.07, 6.45) is -4.06. The van der Waals surface area contributed by atoms with Crippen molar-refractivity contribution >= 4 is 16.7 Å². The molecule has 18 heavy (non-hydrogen) atoms. The van der Waals surface area contributed by atoms with Crippen LogP contribution in [0.3, 0.4) is 0 Å². The molecule has 96 valence electrons. The number of nitrogen functional groups attached to an aromatic ring is 1. The Bertz CT molecular complexity index is 659. The number of fused-ring (bicyclic) bond motifs is 1. The van der Waals surface area contributed by atoms with Gasteiger partial charge in [0.25, 0.3) is 0 Å². The lowest BCUT2D eigenvalue weighted by molar-refractivity contribution is -0.135. The molecule has 0 fully saturated rings. The zero-order valence-electron chi connectivity index (χ0n) is 9.47. The van der Waals surface area contributed by atoms with E-state index in [9.17, 15) is 18.0 Å². The summed E-state index contributed by atoms with van der Waals surface area (Å²) in [7, 11) is 0. The number of aryl methyl sites for hydroxylation is 1. The van der Waals surface area contributed by atoms with Crippen LogP contribution in [-0.2, 0) is 12.6 Å². The summed E-state index contributed by atoms with van der Waals surface area (Å²) >= 11 is 0. The highest BCUT2D eigenvalue weighted by Crippen LogP contribution is 2.37. The largest absolute Gasteiger partial charge is 0.421 e. The van der Waals surface area contributed by atoms with Gasteiger partial charge in [-0.3, -0.25) is 0 Å². The summed E-state index contributed by atoms with van der Waals surface area (Å²) in [5, 5.41) is -0.197. The third-order valence-electron chi connectivity index (χ3n) is 2.70. The van der Waals surface area contributed by atoms with Crippen LogP contribution < -0.4 is 11.4 Å². The van der Waals surface area contributed by atoms with Gasteiger partial charge in [0, 0.05) is 5.39 Å². The first-order valence-electron chi connectivity index (χ1n) is 5.27. The van der Waals surface area contributed by atoms with Gasteiger partial charge in [0.05, 0.1) is 5.56 Å². The molecule has 0 unspecified atom stereocenters. The van der Waals surface area contributed by atoms with E-state index in [1.165, 1.54) is 12.1 Å². The highest BCUT2D eigenvalue weighted by atomic mass is 19.4. The molecule has 3 nitrogen and oxygen atoms in total. The van der Waals surface area contributed by atoms with Crippen molar-refractivity contribution in [2.75, 3.05) is 5.73 Å². The van der Waals surface area contributed by atoms with Gasteiger partial charge >= 0.3 is 11.8 Å². The highest BCUT2D eigenvalue weighted by molar-refractivity contribution is 5.85. The van der Waals surface area contributed by atoms with Crippen LogP contribution in [0.1, 0.15) is 18.1 Å². The SMILES string of the molecule is CCc1ccc2c(C(F)(F)F)c(N)c(=O)oc2c1. The van der Waals surface area contributed by atoms with E-state index in [2.05, 4.69) is 0 Å². The topological polar surface area (TPSA) is 56.2 Å². The van der Waals surface area contributed by atoms with Crippen LogP contribution in [0.2, 0.25) is 0 Å². The molecule has 0 saturated heterocycles. The normalized spacial score (nSPS) is 12.0. The number of halogens is 3. The molecule has 2 N–H and O–H groups in total. The van der Waals surface area contributed by atoms with E-state index in [-0.39, 0.29) is 11.0 Å². The Morgan fingerprint density at radius 2 is 2.00 bits per heavy atom. The van der Waals surface area contributed by atoms with Crippen molar-refractivity contribution in [1.82, 2.24) is 0 Å². The molecular formula is C12H10F3NO2. The van der Waals surface area contributed by atoms with E-state index in [1.54, 1.807) is 6.07 Å². The van der Waals surface area contributed by atoms with Crippen molar-refractivity contribution < 1.29 is 17.6 Å². The molecule has 2 aromatic rings. The molecule has 1 heterocycles. The minimum absolute atomic E-state index is 0.0964. The number of alkyl halides is 3. The molecular weight excluding hydrogens is 247 g/mol. The van der Waals surface area contributed by atoms with Crippen molar-refractivity contribution in [2.24, 2.45) is 0 Å². The molecule has 0 spiro atoms. The number of rotatable bonds is 1. The van der Waals surface area contributed by atoms with E-state index in [1.807, 2.05) is 6.92 Å². The maximum Gasteiger partial charge on any atom is 0.419 e. The number of benzene rings is 1. The van der Waals surface area contributed by atoms with Gasteiger partial charge in [-0.1, -0.05) is 19.1 Å². The molecule has 0 aliphatic carbocycles. The average molecular weight is 257 g/mol. The molecule has 6 heteroatoms. The van der Waals surface area contributed by atoms with Gasteiger partial charge in [-0.05, 0) is 18.1 Å². The van der Waals surface area contributed by atoms with Crippen LogP contribution in [0.15, 0.2) is 27.4 Å². The van der Waals surface area contributed by atoms with Crippen molar-refractivity contribution in [2.45, 2.75) is 19.5 Å². The van der Waals surface area contributed by atoms with Crippen molar-refractivity contribution in [1.29, 1.82) is 0 Å². The maximum absolute atomic E-state index is 12.9. The molecule has 0 bridgehead atoms. The van der Waals surface area contributed by atoms with Gasteiger partial charge in [-0.15, -0.1) is 0 Å². The van der Waals surface area contributed by atoms with Crippen LogP contribution in [0.5, 0.6) is 0 Å². The first-order valence-corrected chi connectivity index (χ1v) is 5.27. The zero-order chi connectivity index (χ0) is 13.5. The van der Waals surface area contributed by atoms with E-state index < -0.39 is 23.1 Å². The van der Waals surface area contributed by atoms with Crippen LogP contribution >= 0.6 is 0 Å². The quantitative estimate of drug-likeness (QED) is 0.799. The Kier molecular flexibility index (Phi) is 2.80. The molecule has 1 aromatic heterocycles. The third-order valence-corrected chi connectivity index (χ3v) is 2.70. The van der Waals surface area contributed by atoms with Crippen LogP contribution in [0, 0.1) is 0 Å². The number of hydrogen-bond donors (Lipinski definition) is 1. The fourth-order valence-corrected chi connectivity index (χ4v) is 1.79. The highest BCUT2D eigenvalue weighted by Gasteiger charge is 2.37. The lowest BCUT2D eigenvalue weighted by Crippen LogP contribution is -2.17. The predicted molar refractivity (Wildman–Crippen MR) is 61.3 cm³/mol. The van der Waals surface area contributed by atoms with Crippen LogP contribution in [-0.4, -0.2) is 0 Å². The zero-order valence-corrected chi connectivity index (χ0v) is 9.47. The monoisotopic (exact) mass is 257 g/mol. The number of hydrogen-bond acceptors (Lipinski definition) is 3. The molecule has 2 rings (SSSR count). The number of anilines is 1. The minimum Gasteiger partial charge on any atom is -0.421 e. The molecule has 0 aliphatic heterocycles. The number of nitrogens with two attached hydrogens (primary N) is 1. The Balaban J connectivity index is 2.91. The van der Waals surface area contributed by atoms with E-state index in [0.717, 1.165) is 5.56 Å². The lowest BCUT2D eigenvalue weighted by atomic mass is 10.0. The van der Waals surface area contributed by atoms with E-state index >= 15 is 0 Å². The van der Waals surface area contributed by atoms with Gasteiger partial charge in [0.2, 0.25) is 0 Å². The average Bonchev–Trinajstić information content (AvgIpc) is 2.28. The Morgan fingerprint density at radius 3 is 2.56 bits per heavy atom. The van der Waals surface area contributed by atoms with Crippen LogP contribution in [0.4, 0.5) is 18.9 Å². The summed E-state index contributed by atoms with van der Waals surface area (Å²) in [4.78, 5) is 11.3. The van der Waals surface area contributed by atoms with Gasteiger partial charge in [-0.25, -0.2) is 4.79 Å². The molecule has 1 aromatic carbocycles. The second-order valence-corrected chi connectivity index (χ2v) is 3.86. The smallest absolute Gasteiger partial charge is 0.419 e. The van der Waals surface area contributed by atoms with Crippen LogP contribution in [0.25, 0.3) is 11.0 Å². The summed E-state index contributed by atoms with van der Waals surface area (Å²) < 4.78 is 43.4. The van der Waals surface area contributed by atoms with Gasteiger partial charge in [-0.2, -0.15) is 13.2 Å². The van der Waals surface area contributed by atoms with E-state index in [0.29, 0.717) is 6.42 Å². The Hall–Kier alpha value is -1.98. The van der Waals surface area contributed by atoms with Gasteiger partial charge in [0.1, 0.15) is 11.3 Å². The van der Waals surface area contributed by atoms with Gasteiger partial charge < -0.3 is 10.2 Å². The second kappa shape index (κ2) is 4.04. The maximum atomic E-state index is 12.9. The summed E-state index contributed by atoms with van der Waals surface area (Å²) in [5.74, 6) is 0. The van der Waals surface area contributed by atoms with Crippen molar-refractivity contribution in [3.8, 4) is 0 Å². The molecule has 0 aliphatic rings. The Morgan fingerprint density at radius 1 is 1.33 bits per heavy atom. The molecule has 0 radical (unpaired) electrons. The Labute approximate surface area is 100 Å². The van der Waals surface area contributed by atoms with Crippen molar-refractivity contribution in [3.63, 3.8) is 0 Å². The summed E-state index contributed by atoms with van der Waals surface area (Å²) in [6.45, 7) is 1.85. The molecule has 0 saturated carbocycles. The lowest BCUT2D eigenvalue weighted by Gasteiger charge is -2.12. The van der Waals surface area contributed by atoms with Gasteiger partial charge in [0.15, 0.2) is 0 Å². The molecule has 0 atom stereocenters. The summed E-state index contributed by atoms with van der Waals surface area (Å²) in [5.41, 5.74) is 2.67. The standard InChI is InChI=1S/C12H10F3NO2/c1-2-6-3-4-7-8(5-6)18-11(17)10(16)9(7)12(13,14)15/h3-5H,2,16H2,1H3. The first kappa shape index (κ1) is 12.5. The van der Waals surface area contributed by atoms with Crippen molar-refractivity contribution in [3.05, 3.63) is 39.7 Å². The molecule has 0 amide bonds. The van der Waals surface area contributed by atoms with E-state index in [4.69, 9.17) is 10.2 Å². The second-order valence-electron chi connectivity index (χ2n) is 3.86. The summed E-state index contributed by atoms with van der Waals surface area (Å²) in [6, 6.07) is 4.25. The predicted octanol–water partition coefficient (Wildman–Crippen LogP) is 2.96. The third kappa shape index (κ3) is 1.94.